The molecular formula is C13H20N2O2. The maximum Gasteiger partial charge on any atom is 0.303 e. The molecule has 0 radical (unpaired) electrons. The number of carboxylic acids is 1. The first-order valence-corrected chi connectivity index (χ1v) is 6.27. The first kappa shape index (κ1) is 13.6. The van der Waals surface area contributed by atoms with E-state index < -0.39 is 5.97 Å². The summed E-state index contributed by atoms with van der Waals surface area (Å²) in [6.45, 7) is 0. The van der Waals surface area contributed by atoms with Crippen molar-refractivity contribution >= 4 is 5.97 Å². The van der Waals surface area contributed by atoms with Gasteiger partial charge in [-0.3, -0.25) is 4.79 Å². The van der Waals surface area contributed by atoms with Crippen LogP contribution in [0.2, 0.25) is 0 Å². The third-order valence-electron chi connectivity index (χ3n) is 2.70. The fourth-order valence-electron chi connectivity index (χ4n) is 1.76. The van der Waals surface area contributed by atoms with E-state index in [4.69, 9.17) is 5.11 Å². The quantitative estimate of drug-likeness (QED) is 0.670. The molecule has 0 amide bonds. The van der Waals surface area contributed by atoms with Crippen molar-refractivity contribution in [1.82, 2.24) is 10.2 Å². The normalized spacial score (nSPS) is 10.4. The molecule has 0 unspecified atom stereocenters. The minimum absolute atomic E-state index is 0.305. The Labute approximate surface area is 102 Å². The predicted molar refractivity (Wildman–Crippen MR) is 65.7 cm³/mol. The van der Waals surface area contributed by atoms with Crippen molar-refractivity contribution in [2.45, 2.75) is 51.4 Å². The minimum Gasteiger partial charge on any atom is -0.481 e. The first-order chi connectivity index (χ1) is 8.29. The zero-order valence-corrected chi connectivity index (χ0v) is 10.1. The number of aromatic nitrogens is 2. The lowest BCUT2D eigenvalue weighted by Crippen LogP contribution is -1.94. The Morgan fingerprint density at radius 1 is 1.12 bits per heavy atom. The van der Waals surface area contributed by atoms with Crippen LogP contribution in [-0.4, -0.2) is 21.3 Å². The van der Waals surface area contributed by atoms with Gasteiger partial charge >= 0.3 is 5.97 Å². The molecular weight excluding hydrogens is 216 g/mol. The molecule has 0 spiro atoms. The standard InChI is InChI=1S/C13H20N2O2/c16-13(17)10-6-4-2-1-3-5-8-12-9-7-11-14-15-12/h7,9,11H,1-6,8,10H2,(H,16,17). The number of nitrogens with zero attached hydrogens (tertiary/aromatic N) is 2. The number of unbranched alkanes of at least 4 members (excludes halogenated alkanes) is 5. The molecule has 4 nitrogen and oxygen atoms in total. The number of aryl methyl sites for hydroxylation is 1. The zero-order valence-electron chi connectivity index (χ0n) is 10.1. The molecule has 0 saturated heterocycles. The number of hydrogen-bond acceptors (Lipinski definition) is 3. The molecule has 94 valence electrons. The second-order valence-corrected chi connectivity index (χ2v) is 4.23. The van der Waals surface area contributed by atoms with E-state index in [1.54, 1.807) is 6.20 Å². The third-order valence-corrected chi connectivity index (χ3v) is 2.70. The highest BCUT2D eigenvalue weighted by Crippen LogP contribution is 2.09. The molecule has 1 heterocycles. The lowest BCUT2D eigenvalue weighted by Gasteiger charge is -2.00. The summed E-state index contributed by atoms with van der Waals surface area (Å²) in [6, 6.07) is 3.91. The van der Waals surface area contributed by atoms with Crippen LogP contribution in [0.4, 0.5) is 0 Å². The summed E-state index contributed by atoms with van der Waals surface area (Å²) >= 11 is 0. The second kappa shape index (κ2) is 8.67. The topological polar surface area (TPSA) is 63.1 Å². The Hall–Kier alpha value is -1.45. The Morgan fingerprint density at radius 2 is 1.82 bits per heavy atom. The van der Waals surface area contributed by atoms with E-state index in [-0.39, 0.29) is 0 Å². The van der Waals surface area contributed by atoms with Gasteiger partial charge in [-0.25, -0.2) is 0 Å². The van der Waals surface area contributed by atoms with Crippen molar-refractivity contribution in [3.63, 3.8) is 0 Å². The summed E-state index contributed by atoms with van der Waals surface area (Å²) in [5.41, 5.74) is 1.05. The van der Waals surface area contributed by atoms with Gasteiger partial charge in [0.1, 0.15) is 0 Å². The molecule has 0 saturated carbocycles. The van der Waals surface area contributed by atoms with Crippen molar-refractivity contribution in [3.8, 4) is 0 Å². The lowest BCUT2D eigenvalue weighted by molar-refractivity contribution is -0.137. The molecule has 17 heavy (non-hydrogen) atoms. The first-order valence-electron chi connectivity index (χ1n) is 6.27. The van der Waals surface area contributed by atoms with Gasteiger partial charge in [0.05, 0.1) is 5.69 Å². The fourth-order valence-corrected chi connectivity index (χ4v) is 1.76. The van der Waals surface area contributed by atoms with Gasteiger partial charge in [0.15, 0.2) is 0 Å². The number of carbonyl (C=O) groups is 1. The van der Waals surface area contributed by atoms with E-state index in [1.807, 2.05) is 12.1 Å². The predicted octanol–water partition coefficient (Wildman–Crippen LogP) is 2.83. The van der Waals surface area contributed by atoms with E-state index in [0.29, 0.717) is 6.42 Å². The molecule has 1 aromatic rings. The molecule has 1 N–H and O–H groups in total. The van der Waals surface area contributed by atoms with Crippen molar-refractivity contribution in [2.75, 3.05) is 0 Å². The lowest BCUT2D eigenvalue weighted by atomic mass is 10.1. The van der Waals surface area contributed by atoms with Crippen LogP contribution >= 0.6 is 0 Å². The summed E-state index contributed by atoms with van der Waals surface area (Å²) < 4.78 is 0. The molecule has 0 bridgehead atoms. The summed E-state index contributed by atoms with van der Waals surface area (Å²) in [4.78, 5) is 10.3. The summed E-state index contributed by atoms with van der Waals surface area (Å²) in [6.07, 6.45) is 9.44. The maximum atomic E-state index is 10.3. The number of carboxylic acid groups (broad SMARTS) is 1. The second-order valence-electron chi connectivity index (χ2n) is 4.23. The number of aliphatic carboxylic acids is 1. The van der Waals surface area contributed by atoms with Crippen molar-refractivity contribution < 1.29 is 9.90 Å². The highest BCUT2D eigenvalue weighted by atomic mass is 16.4. The highest BCUT2D eigenvalue weighted by Gasteiger charge is 1.97. The van der Waals surface area contributed by atoms with Crippen LogP contribution in [0.5, 0.6) is 0 Å². The third kappa shape index (κ3) is 7.44. The van der Waals surface area contributed by atoms with E-state index in [9.17, 15) is 4.79 Å². The number of hydrogen-bond donors (Lipinski definition) is 1. The Bertz CT molecular complexity index is 314. The van der Waals surface area contributed by atoms with Crippen LogP contribution < -0.4 is 0 Å². The van der Waals surface area contributed by atoms with Gasteiger partial charge in [-0.2, -0.15) is 10.2 Å². The van der Waals surface area contributed by atoms with Gasteiger partial charge in [0, 0.05) is 12.6 Å². The molecule has 0 atom stereocenters. The zero-order chi connectivity index (χ0) is 12.3. The fraction of sp³-hybridized carbons (Fsp3) is 0.615. The Morgan fingerprint density at radius 3 is 2.47 bits per heavy atom. The van der Waals surface area contributed by atoms with Crippen LogP contribution in [0.25, 0.3) is 0 Å². The van der Waals surface area contributed by atoms with Gasteiger partial charge in [-0.05, 0) is 31.4 Å². The van der Waals surface area contributed by atoms with E-state index in [2.05, 4.69) is 10.2 Å². The van der Waals surface area contributed by atoms with Crippen molar-refractivity contribution in [3.05, 3.63) is 24.0 Å². The van der Waals surface area contributed by atoms with Crippen LogP contribution in [0, 0.1) is 0 Å². The minimum atomic E-state index is -0.687. The molecule has 1 aromatic heterocycles. The van der Waals surface area contributed by atoms with Crippen molar-refractivity contribution in [2.24, 2.45) is 0 Å². The van der Waals surface area contributed by atoms with Gasteiger partial charge in [0.25, 0.3) is 0 Å². The van der Waals surface area contributed by atoms with E-state index in [1.165, 1.54) is 12.8 Å². The van der Waals surface area contributed by atoms with Crippen LogP contribution in [0.1, 0.15) is 50.6 Å². The highest BCUT2D eigenvalue weighted by molar-refractivity contribution is 5.66. The van der Waals surface area contributed by atoms with E-state index >= 15 is 0 Å². The van der Waals surface area contributed by atoms with Crippen LogP contribution in [-0.2, 0) is 11.2 Å². The summed E-state index contributed by atoms with van der Waals surface area (Å²) in [7, 11) is 0. The monoisotopic (exact) mass is 236 g/mol. The van der Waals surface area contributed by atoms with Gasteiger partial charge in [-0.15, -0.1) is 0 Å². The molecule has 0 aliphatic heterocycles. The Kier molecular flexibility index (Phi) is 6.95. The Balaban J connectivity index is 1.90. The number of rotatable bonds is 9. The van der Waals surface area contributed by atoms with Crippen molar-refractivity contribution in [1.29, 1.82) is 0 Å². The molecule has 4 heteroatoms. The smallest absolute Gasteiger partial charge is 0.303 e. The largest absolute Gasteiger partial charge is 0.481 e. The maximum absolute atomic E-state index is 10.3. The summed E-state index contributed by atoms with van der Waals surface area (Å²) in [5.74, 6) is -0.687. The van der Waals surface area contributed by atoms with Crippen LogP contribution in [0.15, 0.2) is 18.3 Å². The van der Waals surface area contributed by atoms with Gasteiger partial charge in [-0.1, -0.05) is 25.7 Å². The molecule has 0 aliphatic carbocycles. The average molecular weight is 236 g/mol. The molecule has 0 aromatic carbocycles. The van der Waals surface area contributed by atoms with Gasteiger partial charge < -0.3 is 5.11 Å². The SMILES string of the molecule is O=C(O)CCCCCCCCc1cccnn1. The summed E-state index contributed by atoms with van der Waals surface area (Å²) in [5, 5.41) is 16.3. The van der Waals surface area contributed by atoms with Crippen LogP contribution in [0.3, 0.4) is 0 Å². The van der Waals surface area contributed by atoms with Gasteiger partial charge in [0.2, 0.25) is 0 Å². The van der Waals surface area contributed by atoms with E-state index in [0.717, 1.165) is 37.8 Å². The molecule has 0 fully saturated rings. The molecule has 0 aliphatic rings. The average Bonchev–Trinajstić information content (AvgIpc) is 2.33. The molecule has 1 rings (SSSR count).